The predicted molar refractivity (Wildman–Crippen MR) is 139 cm³/mol. The lowest BCUT2D eigenvalue weighted by Crippen LogP contribution is -2.49. The number of unbranched alkanes of at least 4 members (excludes halogenated alkanes) is 11. The molecule has 200 valence electrons. The molecule has 0 heterocycles. The molecule has 0 rings (SSSR count). The molecule has 0 saturated carbocycles. The molecular formula is C27H53N3O4. The molecule has 7 heteroatoms. The lowest BCUT2D eigenvalue weighted by molar-refractivity contribution is -0.155. The van der Waals surface area contributed by atoms with Crippen LogP contribution in [0, 0.1) is 5.92 Å². The van der Waals surface area contributed by atoms with E-state index >= 15 is 0 Å². The van der Waals surface area contributed by atoms with Crippen molar-refractivity contribution in [1.29, 1.82) is 0 Å². The number of carbonyl (C=O) groups excluding carboxylic acids is 3. The van der Waals surface area contributed by atoms with Gasteiger partial charge in [0.25, 0.3) is 0 Å². The van der Waals surface area contributed by atoms with Crippen LogP contribution in [0.5, 0.6) is 0 Å². The van der Waals surface area contributed by atoms with E-state index in [4.69, 9.17) is 16.3 Å². The van der Waals surface area contributed by atoms with Crippen molar-refractivity contribution >= 4 is 17.7 Å². The molecule has 0 aromatic heterocycles. The first-order valence-corrected chi connectivity index (χ1v) is 13.7. The van der Waals surface area contributed by atoms with Crippen LogP contribution in [0.4, 0.5) is 0 Å². The fraction of sp³-hybridized carbons (Fsp3) is 0.889. The van der Waals surface area contributed by atoms with Crippen molar-refractivity contribution in [2.24, 2.45) is 17.4 Å². The number of carbonyl (C=O) groups is 3. The second kappa shape index (κ2) is 19.8. The summed E-state index contributed by atoms with van der Waals surface area (Å²) in [6.45, 7) is 7.81. The Morgan fingerprint density at radius 2 is 1.26 bits per heavy atom. The van der Waals surface area contributed by atoms with Crippen molar-refractivity contribution in [3.63, 3.8) is 0 Å². The Bertz CT molecular complexity index is 568. The summed E-state index contributed by atoms with van der Waals surface area (Å²) >= 11 is 0. The molecule has 0 aliphatic carbocycles. The minimum Gasteiger partial charge on any atom is -0.370 e. The van der Waals surface area contributed by atoms with Gasteiger partial charge >= 0.3 is 5.97 Å². The van der Waals surface area contributed by atoms with Crippen LogP contribution in [0.25, 0.3) is 0 Å². The smallest absolute Gasteiger partial charge is 0.324 e. The first kappa shape index (κ1) is 32.5. The SMILES string of the molecule is CCCCCCCCCCCCCCC(N)(CCC(=O)ON[C@H](C(N)=O)C(C)C)C(=O)CCC. The topological polar surface area (TPSA) is 125 Å². The number of primary amides is 1. The number of amides is 1. The minimum absolute atomic E-state index is 0.0102. The molecule has 7 nitrogen and oxygen atoms in total. The van der Waals surface area contributed by atoms with Crippen molar-refractivity contribution in [3.8, 4) is 0 Å². The Kier molecular flexibility index (Phi) is 18.9. The van der Waals surface area contributed by atoms with Crippen LogP contribution in [0.1, 0.15) is 137 Å². The third kappa shape index (κ3) is 15.4. The van der Waals surface area contributed by atoms with Gasteiger partial charge in [-0.25, -0.2) is 0 Å². The molecule has 0 bridgehead atoms. The van der Waals surface area contributed by atoms with Crippen molar-refractivity contribution in [1.82, 2.24) is 5.48 Å². The fourth-order valence-corrected chi connectivity index (χ4v) is 4.19. The number of hydrogen-bond acceptors (Lipinski definition) is 6. The van der Waals surface area contributed by atoms with E-state index < -0.39 is 23.5 Å². The van der Waals surface area contributed by atoms with E-state index in [9.17, 15) is 14.4 Å². The highest BCUT2D eigenvalue weighted by atomic mass is 16.7. The normalized spacial score (nSPS) is 14.1. The molecular weight excluding hydrogens is 430 g/mol. The first-order valence-electron chi connectivity index (χ1n) is 13.7. The van der Waals surface area contributed by atoms with Crippen molar-refractivity contribution in [2.45, 2.75) is 148 Å². The van der Waals surface area contributed by atoms with Crippen LogP contribution in [0.15, 0.2) is 0 Å². The molecule has 0 radical (unpaired) electrons. The standard InChI is InChI=1S/C27H53N3O4/c1-5-7-8-9-10-11-12-13-14-15-16-17-20-27(29,23(31)18-6-2)21-19-24(32)34-30-25(22(3)4)26(28)33/h22,25,30H,5-21,29H2,1-4H3,(H2,28,33)/t25-,27?/m0/s1. The summed E-state index contributed by atoms with van der Waals surface area (Å²) in [4.78, 5) is 41.3. The average molecular weight is 484 g/mol. The number of hydrogen-bond donors (Lipinski definition) is 3. The molecule has 34 heavy (non-hydrogen) atoms. The van der Waals surface area contributed by atoms with Gasteiger partial charge in [-0.05, 0) is 25.2 Å². The van der Waals surface area contributed by atoms with E-state index in [0.717, 1.165) is 25.7 Å². The third-order valence-corrected chi connectivity index (χ3v) is 6.56. The number of ketones is 1. The lowest BCUT2D eigenvalue weighted by atomic mass is 9.82. The summed E-state index contributed by atoms with van der Waals surface area (Å²) < 4.78 is 0. The van der Waals surface area contributed by atoms with Crippen LogP contribution in [-0.2, 0) is 19.2 Å². The number of Topliss-reactive ketones (excluding diaryl/α,β-unsaturated/α-hetero) is 1. The van der Waals surface area contributed by atoms with Gasteiger partial charge in [0.15, 0.2) is 5.78 Å². The molecule has 1 amide bonds. The quantitative estimate of drug-likeness (QED) is 0.130. The van der Waals surface area contributed by atoms with E-state index in [1.54, 1.807) is 13.8 Å². The monoisotopic (exact) mass is 483 g/mol. The van der Waals surface area contributed by atoms with E-state index in [-0.39, 0.29) is 24.5 Å². The highest BCUT2D eigenvalue weighted by Gasteiger charge is 2.33. The van der Waals surface area contributed by atoms with Crippen LogP contribution in [-0.4, -0.2) is 29.2 Å². The van der Waals surface area contributed by atoms with Gasteiger partial charge < -0.3 is 16.3 Å². The summed E-state index contributed by atoms with van der Waals surface area (Å²) in [6, 6.07) is -0.755. The average Bonchev–Trinajstić information content (AvgIpc) is 2.78. The minimum atomic E-state index is -1.01. The number of rotatable bonds is 23. The second-order valence-corrected chi connectivity index (χ2v) is 10.2. The van der Waals surface area contributed by atoms with Crippen molar-refractivity contribution in [3.05, 3.63) is 0 Å². The Labute approximate surface area is 208 Å². The fourth-order valence-electron chi connectivity index (χ4n) is 4.19. The van der Waals surface area contributed by atoms with E-state index in [0.29, 0.717) is 12.8 Å². The van der Waals surface area contributed by atoms with Crippen molar-refractivity contribution < 1.29 is 19.2 Å². The Morgan fingerprint density at radius 3 is 1.71 bits per heavy atom. The van der Waals surface area contributed by atoms with E-state index in [2.05, 4.69) is 12.4 Å². The summed E-state index contributed by atoms with van der Waals surface area (Å²) in [5, 5.41) is 0. The van der Waals surface area contributed by atoms with Gasteiger partial charge in [0.2, 0.25) is 5.91 Å². The number of nitrogens with two attached hydrogens (primary N) is 2. The summed E-state index contributed by atoms with van der Waals surface area (Å²) in [7, 11) is 0. The maximum absolute atomic E-state index is 12.7. The molecule has 0 aromatic rings. The Morgan fingerprint density at radius 1 is 0.765 bits per heavy atom. The zero-order valence-corrected chi connectivity index (χ0v) is 22.5. The molecule has 0 aliphatic heterocycles. The van der Waals surface area contributed by atoms with Gasteiger partial charge in [0.05, 0.1) is 5.54 Å². The lowest BCUT2D eigenvalue weighted by Gasteiger charge is -2.28. The van der Waals surface area contributed by atoms with Gasteiger partial charge in [-0.15, -0.1) is 5.48 Å². The molecule has 0 spiro atoms. The van der Waals surface area contributed by atoms with E-state index in [1.165, 1.54) is 57.8 Å². The van der Waals surface area contributed by atoms with Gasteiger partial charge in [-0.3, -0.25) is 14.4 Å². The predicted octanol–water partition coefficient (Wildman–Crippen LogP) is 5.48. The molecule has 5 N–H and O–H groups in total. The Hall–Kier alpha value is -1.47. The molecule has 0 aromatic carbocycles. The molecule has 0 saturated heterocycles. The largest absolute Gasteiger partial charge is 0.370 e. The maximum atomic E-state index is 12.7. The zero-order valence-electron chi connectivity index (χ0n) is 22.5. The second-order valence-electron chi connectivity index (χ2n) is 10.2. The molecule has 0 aliphatic rings. The maximum Gasteiger partial charge on any atom is 0.324 e. The zero-order chi connectivity index (χ0) is 25.8. The van der Waals surface area contributed by atoms with Gasteiger partial charge in [-0.1, -0.05) is 105 Å². The highest BCUT2D eigenvalue weighted by Crippen LogP contribution is 2.23. The highest BCUT2D eigenvalue weighted by molar-refractivity contribution is 5.88. The molecule has 1 unspecified atom stereocenters. The third-order valence-electron chi connectivity index (χ3n) is 6.56. The van der Waals surface area contributed by atoms with Crippen LogP contribution >= 0.6 is 0 Å². The van der Waals surface area contributed by atoms with Crippen LogP contribution in [0.2, 0.25) is 0 Å². The Balaban J connectivity index is 4.29. The summed E-state index contributed by atoms with van der Waals surface area (Å²) in [5.41, 5.74) is 13.3. The number of hydroxylamine groups is 1. The van der Waals surface area contributed by atoms with E-state index in [1.807, 2.05) is 6.92 Å². The number of nitrogens with one attached hydrogen (secondary N) is 1. The molecule has 0 fully saturated rings. The molecule has 2 atom stereocenters. The van der Waals surface area contributed by atoms with Gasteiger partial charge in [0, 0.05) is 12.8 Å². The summed E-state index contributed by atoms with van der Waals surface area (Å²) in [6.07, 6.45) is 17.0. The summed E-state index contributed by atoms with van der Waals surface area (Å²) in [5.74, 6) is -1.23. The van der Waals surface area contributed by atoms with Gasteiger partial charge in [0.1, 0.15) is 6.04 Å². The first-order chi connectivity index (χ1) is 16.2. The van der Waals surface area contributed by atoms with Gasteiger partial charge in [-0.2, -0.15) is 0 Å². The van der Waals surface area contributed by atoms with Crippen molar-refractivity contribution in [2.75, 3.05) is 0 Å². The van der Waals surface area contributed by atoms with Crippen LogP contribution in [0.3, 0.4) is 0 Å². The van der Waals surface area contributed by atoms with Crippen LogP contribution < -0.4 is 16.9 Å².